The fourth-order valence-electron chi connectivity index (χ4n) is 2.67. The van der Waals surface area contributed by atoms with Crippen molar-refractivity contribution in [3.05, 3.63) is 53.9 Å². The molecule has 0 radical (unpaired) electrons. The first-order chi connectivity index (χ1) is 9.34. The number of nitrogens with zero attached hydrogens (tertiary/aromatic N) is 2. The fraction of sp³-hybridized carbons (Fsp3) is 0.333. The van der Waals surface area contributed by atoms with Gasteiger partial charge in [-0.15, -0.1) is 0 Å². The van der Waals surface area contributed by atoms with E-state index in [2.05, 4.69) is 10.2 Å². The van der Waals surface area contributed by atoms with Crippen LogP contribution >= 0.6 is 0 Å². The van der Waals surface area contributed by atoms with Crippen LogP contribution in [-0.2, 0) is 0 Å². The lowest BCUT2D eigenvalue weighted by Crippen LogP contribution is -2.39. The van der Waals surface area contributed by atoms with Crippen LogP contribution in [0.3, 0.4) is 0 Å². The van der Waals surface area contributed by atoms with Crippen molar-refractivity contribution >= 4 is 5.91 Å². The van der Waals surface area contributed by atoms with E-state index in [9.17, 15) is 4.79 Å². The Hall–Kier alpha value is -2.10. The number of rotatable bonds is 2. The number of likely N-dealkylation sites (tertiary alicyclic amines) is 1. The van der Waals surface area contributed by atoms with Crippen molar-refractivity contribution in [3.63, 3.8) is 0 Å². The normalized spacial score (nSPS) is 19.4. The Labute approximate surface area is 112 Å². The van der Waals surface area contributed by atoms with Crippen molar-refractivity contribution in [3.8, 4) is 0 Å². The second kappa shape index (κ2) is 5.26. The molecule has 1 fully saturated rings. The lowest BCUT2D eigenvalue weighted by atomic mass is 9.94. The highest BCUT2D eigenvalue weighted by molar-refractivity contribution is 5.94. The van der Waals surface area contributed by atoms with Crippen molar-refractivity contribution in [1.82, 2.24) is 15.1 Å². The number of amides is 1. The van der Waals surface area contributed by atoms with Crippen LogP contribution in [0.2, 0.25) is 0 Å². The highest BCUT2D eigenvalue weighted by Crippen LogP contribution is 2.26. The molecule has 0 bridgehead atoms. The van der Waals surface area contributed by atoms with E-state index >= 15 is 0 Å². The number of H-pyrrole nitrogens is 1. The van der Waals surface area contributed by atoms with Crippen LogP contribution in [0.5, 0.6) is 0 Å². The van der Waals surface area contributed by atoms with E-state index in [4.69, 9.17) is 0 Å². The number of hydrogen-bond acceptors (Lipinski definition) is 2. The summed E-state index contributed by atoms with van der Waals surface area (Å²) in [7, 11) is 0. The Morgan fingerprint density at radius 1 is 1.26 bits per heavy atom. The van der Waals surface area contributed by atoms with E-state index in [0.717, 1.165) is 37.2 Å². The third kappa shape index (κ3) is 2.52. The number of nitrogens with one attached hydrogen (secondary N) is 1. The zero-order chi connectivity index (χ0) is 13.1. The summed E-state index contributed by atoms with van der Waals surface area (Å²) in [5, 5.41) is 7.02. The molecule has 0 saturated carbocycles. The average molecular weight is 255 g/mol. The average Bonchev–Trinajstić information content (AvgIpc) is 3.02. The third-order valence-electron chi connectivity index (χ3n) is 3.69. The molecule has 0 spiro atoms. The van der Waals surface area contributed by atoms with Gasteiger partial charge in [-0.05, 0) is 31.0 Å². The maximum Gasteiger partial charge on any atom is 0.253 e. The van der Waals surface area contributed by atoms with E-state index in [1.54, 1.807) is 6.20 Å². The number of benzene rings is 1. The molecule has 1 unspecified atom stereocenters. The van der Waals surface area contributed by atoms with E-state index in [1.807, 2.05) is 41.3 Å². The van der Waals surface area contributed by atoms with Gasteiger partial charge in [-0.1, -0.05) is 18.2 Å². The summed E-state index contributed by atoms with van der Waals surface area (Å²) in [6, 6.07) is 11.5. The van der Waals surface area contributed by atoms with Crippen molar-refractivity contribution in [1.29, 1.82) is 0 Å². The molecule has 4 heteroatoms. The molecule has 4 nitrogen and oxygen atoms in total. The maximum absolute atomic E-state index is 12.4. The second-order valence-electron chi connectivity index (χ2n) is 4.97. The van der Waals surface area contributed by atoms with Crippen LogP contribution in [0.15, 0.2) is 42.6 Å². The van der Waals surface area contributed by atoms with Crippen LogP contribution in [-0.4, -0.2) is 34.1 Å². The van der Waals surface area contributed by atoms with Gasteiger partial charge in [0, 0.05) is 36.5 Å². The molecule has 1 N–H and O–H groups in total. The number of aromatic nitrogens is 2. The lowest BCUT2D eigenvalue weighted by Gasteiger charge is -2.32. The Balaban J connectivity index is 1.73. The van der Waals surface area contributed by atoms with Crippen molar-refractivity contribution in [2.24, 2.45) is 0 Å². The third-order valence-corrected chi connectivity index (χ3v) is 3.69. The van der Waals surface area contributed by atoms with Crippen LogP contribution in [0.25, 0.3) is 0 Å². The molecule has 1 atom stereocenters. The summed E-state index contributed by atoms with van der Waals surface area (Å²) >= 11 is 0. The number of aromatic amines is 1. The van der Waals surface area contributed by atoms with Crippen LogP contribution in [0, 0.1) is 0 Å². The minimum absolute atomic E-state index is 0.129. The van der Waals surface area contributed by atoms with Gasteiger partial charge in [-0.2, -0.15) is 5.10 Å². The number of carbonyl (C=O) groups is 1. The predicted molar refractivity (Wildman–Crippen MR) is 72.9 cm³/mol. The van der Waals surface area contributed by atoms with Gasteiger partial charge in [0.05, 0.1) is 0 Å². The minimum atomic E-state index is 0.129. The number of carbonyl (C=O) groups excluding carboxylic acids is 1. The number of piperidine rings is 1. The van der Waals surface area contributed by atoms with Crippen molar-refractivity contribution in [2.45, 2.75) is 18.8 Å². The molecule has 2 heterocycles. The Morgan fingerprint density at radius 3 is 2.84 bits per heavy atom. The largest absolute Gasteiger partial charge is 0.338 e. The van der Waals surface area contributed by atoms with Gasteiger partial charge in [0.1, 0.15) is 0 Å². The monoisotopic (exact) mass is 255 g/mol. The van der Waals surface area contributed by atoms with E-state index in [0.29, 0.717) is 5.92 Å². The highest BCUT2D eigenvalue weighted by atomic mass is 16.2. The SMILES string of the molecule is O=C(c1ccccc1)N1CCCC(c2ccn[nH]2)C1. The minimum Gasteiger partial charge on any atom is -0.338 e. The molecule has 0 aliphatic carbocycles. The number of hydrogen-bond donors (Lipinski definition) is 1. The molecule has 1 aliphatic heterocycles. The summed E-state index contributed by atoms with van der Waals surface area (Å²) in [6.45, 7) is 1.62. The van der Waals surface area contributed by atoms with Gasteiger partial charge >= 0.3 is 0 Å². The molecule has 98 valence electrons. The van der Waals surface area contributed by atoms with Gasteiger partial charge in [-0.3, -0.25) is 9.89 Å². The summed E-state index contributed by atoms with van der Waals surface area (Å²) < 4.78 is 0. The smallest absolute Gasteiger partial charge is 0.253 e. The van der Waals surface area contributed by atoms with Gasteiger partial charge in [0.25, 0.3) is 5.91 Å². The van der Waals surface area contributed by atoms with Crippen LogP contribution in [0.1, 0.15) is 34.8 Å². The Morgan fingerprint density at radius 2 is 2.11 bits per heavy atom. The summed E-state index contributed by atoms with van der Waals surface area (Å²) in [5.41, 5.74) is 1.90. The molecule has 3 rings (SSSR count). The molecule has 2 aromatic rings. The van der Waals surface area contributed by atoms with Gasteiger partial charge in [0.15, 0.2) is 0 Å². The fourth-order valence-corrected chi connectivity index (χ4v) is 2.67. The summed E-state index contributed by atoms with van der Waals surface area (Å²) in [5.74, 6) is 0.508. The zero-order valence-electron chi connectivity index (χ0n) is 10.7. The Bertz CT molecular complexity index is 536. The van der Waals surface area contributed by atoms with Gasteiger partial charge in [0.2, 0.25) is 0 Å². The lowest BCUT2D eigenvalue weighted by molar-refractivity contribution is 0.0706. The molecule has 1 aromatic heterocycles. The maximum atomic E-state index is 12.4. The first-order valence-corrected chi connectivity index (χ1v) is 6.68. The summed E-state index contributed by atoms with van der Waals surface area (Å²) in [4.78, 5) is 14.4. The van der Waals surface area contributed by atoms with Gasteiger partial charge < -0.3 is 4.90 Å². The van der Waals surface area contributed by atoms with Gasteiger partial charge in [-0.25, -0.2) is 0 Å². The predicted octanol–water partition coefficient (Wildman–Crippen LogP) is 2.43. The van der Waals surface area contributed by atoms with Crippen LogP contribution in [0.4, 0.5) is 0 Å². The molecular formula is C15H17N3O. The molecule has 1 saturated heterocycles. The van der Waals surface area contributed by atoms with Crippen molar-refractivity contribution < 1.29 is 4.79 Å². The molecule has 19 heavy (non-hydrogen) atoms. The topological polar surface area (TPSA) is 49.0 Å². The van der Waals surface area contributed by atoms with Crippen molar-refractivity contribution in [2.75, 3.05) is 13.1 Å². The van der Waals surface area contributed by atoms with Crippen LogP contribution < -0.4 is 0 Å². The van der Waals surface area contributed by atoms with E-state index in [1.165, 1.54) is 0 Å². The summed E-state index contributed by atoms with van der Waals surface area (Å²) in [6.07, 6.45) is 3.93. The first-order valence-electron chi connectivity index (χ1n) is 6.68. The quantitative estimate of drug-likeness (QED) is 0.896. The van der Waals surface area contributed by atoms with E-state index in [-0.39, 0.29) is 5.91 Å². The van der Waals surface area contributed by atoms with E-state index < -0.39 is 0 Å². The Kier molecular flexibility index (Phi) is 3.31. The zero-order valence-corrected chi connectivity index (χ0v) is 10.7. The molecule has 1 amide bonds. The molecular weight excluding hydrogens is 238 g/mol. The molecule has 1 aromatic carbocycles. The highest BCUT2D eigenvalue weighted by Gasteiger charge is 2.25. The first kappa shape index (κ1) is 12.0. The second-order valence-corrected chi connectivity index (χ2v) is 4.97. The standard InChI is InChI=1S/C15H17N3O/c19-15(12-5-2-1-3-6-12)18-10-4-7-13(11-18)14-8-9-16-17-14/h1-3,5-6,8-9,13H,4,7,10-11H2,(H,16,17). The molecule has 1 aliphatic rings.